The highest BCUT2D eigenvalue weighted by Crippen LogP contribution is 2.69. The van der Waals surface area contributed by atoms with Gasteiger partial charge in [-0.1, -0.05) is 30.3 Å². The molecule has 5 nitrogen and oxygen atoms in total. The summed E-state index contributed by atoms with van der Waals surface area (Å²) in [7, 11) is 0. The van der Waals surface area contributed by atoms with Gasteiger partial charge in [-0.25, -0.2) is 13.6 Å². The second kappa shape index (κ2) is 4.93. The van der Waals surface area contributed by atoms with Gasteiger partial charge in [-0.2, -0.15) is 0 Å². The minimum atomic E-state index is -3.26. The topological polar surface area (TPSA) is 66.8 Å². The minimum absolute atomic E-state index is 0.0239. The summed E-state index contributed by atoms with van der Waals surface area (Å²) in [6.45, 7) is -0.396. The van der Waals surface area contributed by atoms with Crippen molar-refractivity contribution in [2.75, 3.05) is 13.1 Å². The number of likely N-dealkylation sites (tertiary alicyclic amines) is 1. The summed E-state index contributed by atoms with van der Waals surface area (Å²) in [6, 6.07) is 8.94. The molecule has 1 heterocycles. The minimum Gasteiger partial charge on any atom is -0.481 e. The van der Waals surface area contributed by atoms with E-state index in [-0.39, 0.29) is 19.6 Å². The summed E-state index contributed by atoms with van der Waals surface area (Å²) in [5.41, 5.74) is -1.37. The quantitative estimate of drug-likeness (QED) is 0.930. The Hall–Kier alpha value is -2.18. The van der Waals surface area contributed by atoms with Crippen molar-refractivity contribution < 1.29 is 28.2 Å². The Morgan fingerprint density at radius 1 is 1.32 bits per heavy atom. The van der Waals surface area contributed by atoms with Gasteiger partial charge < -0.3 is 14.7 Å². The largest absolute Gasteiger partial charge is 0.481 e. The number of alkyl halides is 2. The summed E-state index contributed by atoms with van der Waals surface area (Å²) in [4.78, 5) is 24.3. The average Bonchev–Trinajstić information content (AvgIpc) is 3.03. The van der Waals surface area contributed by atoms with E-state index in [1.807, 2.05) is 6.07 Å². The van der Waals surface area contributed by atoms with E-state index in [0.717, 1.165) is 10.5 Å². The van der Waals surface area contributed by atoms with Gasteiger partial charge in [-0.05, 0) is 12.0 Å². The number of carboxylic acids is 1. The molecule has 0 unspecified atom stereocenters. The van der Waals surface area contributed by atoms with Crippen LogP contribution in [0.25, 0.3) is 0 Å². The lowest BCUT2D eigenvalue weighted by molar-refractivity contribution is -0.149. The Labute approximate surface area is 125 Å². The van der Waals surface area contributed by atoms with Crippen LogP contribution in [0.3, 0.4) is 0 Å². The lowest BCUT2D eigenvalue weighted by Crippen LogP contribution is -2.45. The molecule has 118 valence electrons. The smallest absolute Gasteiger partial charge is 0.410 e. The maximum absolute atomic E-state index is 13.7. The van der Waals surface area contributed by atoms with E-state index in [0.29, 0.717) is 0 Å². The highest BCUT2D eigenvalue weighted by molar-refractivity contribution is 5.83. The summed E-state index contributed by atoms with van der Waals surface area (Å²) >= 11 is 0. The predicted molar refractivity (Wildman–Crippen MR) is 71.3 cm³/mol. The van der Waals surface area contributed by atoms with Crippen LogP contribution in [0.15, 0.2) is 30.3 Å². The number of hydrogen-bond acceptors (Lipinski definition) is 3. The first-order valence-electron chi connectivity index (χ1n) is 6.96. The van der Waals surface area contributed by atoms with Crippen molar-refractivity contribution in [3.8, 4) is 0 Å². The molecule has 1 saturated carbocycles. The summed E-state index contributed by atoms with van der Waals surface area (Å²) < 4.78 is 32.5. The standard InChI is InChI=1S/C15H15F2NO4/c16-15(17)11-6-7-18(9-14(11,15)12(19)20)13(21)22-8-10-4-2-1-3-5-10/h1-5,11H,6-9H2,(H,19,20)/t11-,14-/m0/s1. The van der Waals surface area contributed by atoms with Gasteiger partial charge in [0.15, 0.2) is 5.41 Å². The molecule has 2 fully saturated rings. The number of carboxylic acid groups (broad SMARTS) is 1. The molecule has 2 atom stereocenters. The van der Waals surface area contributed by atoms with Gasteiger partial charge >= 0.3 is 12.1 Å². The molecule has 1 amide bonds. The molecule has 1 aliphatic heterocycles. The van der Waals surface area contributed by atoms with E-state index >= 15 is 0 Å². The SMILES string of the molecule is O=C(OCc1ccccc1)N1CC[C@@H]2C(F)(F)[C@@]2(C(=O)O)C1. The third-order valence-corrected chi connectivity index (χ3v) is 4.52. The number of ether oxygens (including phenoxy) is 1. The van der Waals surface area contributed by atoms with Crippen molar-refractivity contribution >= 4 is 12.1 Å². The van der Waals surface area contributed by atoms with E-state index < -0.39 is 35.9 Å². The second-order valence-electron chi connectivity index (χ2n) is 5.70. The highest BCUT2D eigenvalue weighted by Gasteiger charge is 2.86. The molecule has 7 heteroatoms. The maximum atomic E-state index is 13.7. The molecule has 0 radical (unpaired) electrons. The molecule has 0 bridgehead atoms. The van der Waals surface area contributed by atoms with Gasteiger partial charge in [-0.3, -0.25) is 4.79 Å². The van der Waals surface area contributed by atoms with Crippen LogP contribution in [0.5, 0.6) is 0 Å². The van der Waals surface area contributed by atoms with E-state index in [9.17, 15) is 18.4 Å². The molecule has 0 aromatic heterocycles. The van der Waals surface area contributed by atoms with Gasteiger partial charge in [0, 0.05) is 19.0 Å². The fraction of sp³-hybridized carbons (Fsp3) is 0.467. The normalized spacial score (nSPS) is 28.6. The Bertz CT molecular complexity index is 607. The predicted octanol–water partition coefficient (Wildman–Crippen LogP) is 2.37. The van der Waals surface area contributed by atoms with Crippen LogP contribution < -0.4 is 0 Å². The van der Waals surface area contributed by atoms with Crippen molar-refractivity contribution in [1.82, 2.24) is 4.90 Å². The molecular formula is C15H15F2NO4. The zero-order valence-electron chi connectivity index (χ0n) is 11.7. The Morgan fingerprint density at radius 3 is 2.64 bits per heavy atom. The van der Waals surface area contributed by atoms with Crippen LogP contribution >= 0.6 is 0 Å². The first-order chi connectivity index (χ1) is 10.4. The van der Waals surface area contributed by atoms with E-state index in [1.165, 1.54) is 0 Å². The number of nitrogens with zero attached hydrogens (tertiary/aromatic N) is 1. The fourth-order valence-electron chi connectivity index (χ4n) is 3.17. The van der Waals surface area contributed by atoms with Gasteiger partial charge in [-0.15, -0.1) is 0 Å². The van der Waals surface area contributed by atoms with E-state index in [2.05, 4.69) is 0 Å². The summed E-state index contributed by atoms with van der Waals surface area (Å²) in [5, 5.41) is 9.12. The van der Waals surface area contributed by atoms with Gasteiger partial charge in [0.2, 0.25) is 0 Å². The highest BCUT2D eigenvalue weighted by atomic mass is 19.3. The van der Waals surface area contributed by atoms with Gasteiger partial charge in [0.25, 0.3) is 5.92 Å². The van der Waals surface area contributed by atoms with E-state index in [4.69, 9.17) is 9.84 Å². The molecule has 2 aliphatic rings. The molecule has 0 spiro atoms. The lowest BCUT2D eigenvalue weighted by atomic mass is 9.97. The third-order valence-electron chi connectivity index (χ3n) is 4.52. The first-order valence-corrected chi connectivity index (χ1v) is 6.96. The number of benzene rings is 1. The number of amides is 1. The van der Waals surface area contributed by atoms with Crippen molar-refractivity contribution in [2.24, 2.45) is 11.3 Å². The first kappa shape index (κ1) is 14.7. The molecular weight excluding hydrogens is 296 g/mol. The maximum Gasteiger partial charge on any atom is 0.410 e. The van der Waals surface area contributed by atoms with Crippen LogP contribution in [-0.4, -0.2) is 41.1 Å². The van der Waals surface area contributed by atoms with Crippen molar-refractivity contribution in [2.45, 2.75) is 19.0 Å². The third kappa shape index (κ3) is 2.03. The monoisotopic (exact) mass is 311 g/mol. The number of aliphatic carboxylic acids is 1. The molecule has 1 N–H and O–H groups in total. The molecule has 1 saturated heterocycles. The number of fused-ring (bicyclic) bond motifs is 1. The lowest BCUT2D eigenvalue weighted by Gasteiger charge is -2.28. The number of piperidine rings is 1. The summed E-state index contributed by atoms with van der Waals surface area (Å²) in [6.07, 6.45) is -0.787. The Kier molecular flexibility index (Phi) is 3.30. The number of hydrogen-bond donors (Lipinski definition) is 1. The molecule has 1 aliphatic carbocycles. The zero-order chi connectivity index (χ0) is 16.0. The molecule has 3 rings (SSSR count). The van der Waals surface area contributed by atoms with Gasteiger partial charge in [0.05, 0.1) is 0 Å². The summed E-state index contributed by atoms with van der Waals surface area (Å²) in [5.74, 6) is -5.99. The Morgan fingerprint density at radius 2 is 2.00 bits per heavy atom. The van der Waals surface area contributed by atoms with Crippen molar-refractivity contribution in [3.05, 3.63) is 35.9 Å². The van der Waals surface area contributed by atoms with Crippen molar-refractivity contribution in [3.63, 3.8) is 0 Å². The number of rotatable bonds is 3. The second-order valence-corrected chi connectivity index (χ2v) is 5.70. The number of halogens is 2. The van der Waals surface area contributed by atoms with Crippen LogP contribution in [0.2, 0.25) is 0 Å². The van der Waals surface area contributed by atoms with Crippen molar-refractivity contribution in [1.29, 1.82) is 0 Å². The van der Waals surface area contributed by atoms with Crippen LogP contribution in [0, 0.1) is 11.3 Å². The zero-order valence-corrected chi connectivity index (χ0v) is 11.7. The molecule has 22 heavy (non-hydrogen) atoms. The van der Waals surface area contributed by atoms with E-state index in [1.54, 1.807) is 24.3 Å². The van der Waals surface area contributed by atoms with Crippen LogP contribution in [0.4, 0.5) is 13.6 Å². The molecule has 1 aromatic rings. The average molecular weight is 311 g/mol. The number of carbonyl (C=O) groups is 2. The fourth-order valence-corrected chi connectivity index (χ4v) is 3.17. The number of carbonyl (C=O) groups excluding carboxylic acids is 1. The molecule has 1 aromatic carbocycles. The van der Waals surface area contributed by atoms with Crippen LogP contribution in [0.1, 0.15) is 12.0 Å². The van der Waals surface area contributed by atoms with Gasteiger partial charge in [0.1, 0.15) is 6.61 Å². The Balaban J connectivity index is 1.64. The van der Waals surface area contributed by atoms with Crippen LogP contribution in [-0.2, 0) is 16.1 Å².